The summed E-state index contributed by atoms with van der Waals surface area (Å²) in [6, 6.07) is 8.78. The van der Waals surface area contributed by atoms with E-state index in [9.17, 15) is 25.9 Å². The molecule has 2 aromatic carbocycles. The maximum Gasteiger partial charge on any atom is 2.00 e. The zero-order valence-electron chi connectivity index (χ0n) is 11.9. The van der Waals surface area contributed by atoms with Gasteiger partial charge in [-0.05, 0) is 68.3 Å². The van der Waals surface area contributed by atoms with Gasteiger partial charge in [-0.15, -0.1) is 0 Å². The van der Waals surface area contributed by atoms with Gasteiger partial charge in [-0.25, -0.2) is 16.8 Å². The first-order chi connectivity index (χ1) is 10.8. The van der Waals surface area contributed by atoms with E-state index in [-0.39, 0.29) is 56.5 Å². The van der Waals surface area contributed by atoms with Crippen molar-refractivity contribution in [3.05, 3.63) is 54.3 Å². The monoisotopic (exact) mass is 666 g/mol. The zero-order valence-corrected chi connectivity index (χ0v) is 22.1. The zero-order chi connectivity index (χ0) is 18.7. The fourth-order valence-corrected chi connectivity index (χ4v) is 5.20. The molecule has 0 fully saturated rings. The van der Waals surface area contributed by atoms with Gasteiger partial charge in [-0.3, -0.25) is 0 Å². The first-order valence-corrected chi connectivity index (χ1v) is 11.6. The minimum Gasteiger partial charge on any atom is -0.744 e. The standard InChI is InChI=1S/2C6H4Br2O3S.Ca/c2*7-4-1-2-5(8)6(3-4)12(9,10)11;/h2*1-3H,(H,9,10,11);/q;;+2/p-2. The van der Waals surface area contributed by atoms with Gasteiger partial charge in [0.1, 0.15) is 20.2 Å². The van der Waals surface area contributed by atoms with E-state index < -0.39 is 20.2 Å². The summed E-state index contributed by atoms with van der Waals surface area (Å²) < 4.78 is 65.3. The number of rotatable bonds is 2. The molecule has 132 valence electrons. The van der Waals surface area contributed by atoms with Crippen LogP contribution in [0, 0.1) is 0 Å². The quantitative estimate of drug-likeness (QED) is 0.355. The van der Waals surface area contributed by atoms with Crippen molar-refractivity contribution in [1.82, 2.24) is 0 Å². The van der Waals surface area contributed by atoms with E-state index in [0.717, 1.165) is 0 Å². The Bertz CT molecular complexity index is 884. The van der Waals surface area contributed by atoms with Crippen molar-refractivity contribution in [2.75, 3.05) is 0 Å². The van der Waals surface area contributed by atoms with Gasteiger partial charge in [0.15, 0.2) is 0 Å². The molecule has 2 rings (SSSR count). The summed E-state index contributed by atoms with van der Waals surface area (Å²) in [7, 11) is -8.77. The Labute approximate surface area is 208 Å². The maximum absolute atomic E-state index is 10.6. The van der Waals surface area contributed by atoms with Crippen molar-refractivity contribution >= 4 is 122 Å². The summed E-state index contributed by atoms with van der Waals surface area (Å²) >= 11 is 12.1. The van der Waals surface area contributed by atoms with E-state index >= 15 is 0 Å². The van der Waals surface area contributed by atoms with Gasteiger partial charge in [0.05, 0.1) is 9.79 Å². The molecule has 0 spiro atoms. The van der Waals surface area contributed by atoms with E-state index in [0.29, 0.717) is 8.95 Å². The summed E-state index contributed by atoms with van der Waals surface area (Å²) in [5.41, 5.74) is 0. The largest absolute Gasteiger partial charge is 2.00 e. The molecule has 0 unspecified atom stereocenters. The normalized spacial score (nSPS) is 11.1. The summed E-state index contributed by atoms with van der Waals surface area (Å²) in [6.45, 7) is 0. The third kappa shape index (κ3) is 8.99. The van der Waals surface area contributed by atoms with Crippen LogP contribution in [0.1, 0.15) is 0 Å². The third-order valence-electron chi connectivity index (χ3n) is 2.33. The second kappa shape index (κ2) is 10.8. The first-order valence-electron chi connectivity index (χ1n) is 5.64. The van der Waals surface area contributed by atoms with Gasteiger partial charge in [0, 0.05) is 17.9 Å². The van der Waals surface area contributed by atoms with Crippen molar-refractivity contribution < 1.29 is 25.9 Å². The first kappa shape index (κ1) is 26.4. The Kier molecular flexibility index (Phi) is 11.5. The van der Waals surface area contributed by atoms with Gasteiger partial charge < -0.3 is 9.11 Å². The van der Waals surface area contributed by atoms with Crippen LogP contribution in [0.4, 0.5) is 0 Å². The number of hydrogen-bond acceptors (Lipinski definition) is 6. The second-order valence-corrected chi connectivity index (χ2v) is 10.3. The summed E-state index contributed by atoms with van der Waals surface area (Å²) in [5, 5.41) is 0. The van der Waals surface area contributed by atoms with Crippen molar-refractivity contribution in [2.24, 2.45) is 0 Å². The van der Waals surface area contributed by atoms with Crippen LogP contribution in [0.15, 0.2) is 64.1 Å². The Morgan fingerprint density at radius 1 is 0.640 bits per heavy atom. The molecular weight excluding hydrogens is 664 g/mol. The van der Waals surface area contributed by atoms with Crippen molar-refractivity contribution in [1.29, 1.82) is 0 Å². The maximum atomic E-state index is 10.6. The molecule has 0 amide bonds. The molecule has 13 heteroatoms. The molecule has 6 nitrogen and oxygen atoms in total. The van der Waals surface area contributed by atoms with Gasteiger partial charge in [0.2, 0.25) is 0 Å². The summed E-state index contributed by atoms with van der Waals surface area (Å²) in [6.07, 6.45) is 0. The van der Waals surface area contributed by atoms with Crippen molar-refractivity contribution in [2.45, 2.75) is 9.79 Å². The van der Waals surface area contributed by atoms with Crippen molar-refractivity contribution in [3.8, 4) is 0 Å². The molecule has 0 saturated heterocycles. The molecule has 0 aliphatic carbocycles. The molecule has 0 N–H and O–H groups in total. The average Bonchev–Trinajstić information content (AvgIpc) is 2.42. The van der Waals surface area contributed by atoms with E-state index in [2.05, 4.69) is 63.7 Å². The Morgan fingerprint density at radius 2 is 0.920 bits per heavy atom. The molecule has 0 aliphatic heterocycles. The molecular formula is C12H6Br4CaO6S2. The molecule has 2 aromatic rings. The Hall–Kier alpha value is 1.44. The van der Waals surface area contributed by atoms with Gasteiger partial charge in [0.25, 0.3) is 0 Å². The van der Waals surface area contributed by atoms with E-state index in [4.69, 9.17) is 0 Å². The minimum atomic E-state index is -4.38. The molecule has 25 heavy (non-hydrogen) atoms. The van der Waals surface area contributed by atoms with Crippen LogP contribution in [0.3, 0.4) is 0 Å². The molecule has 0 aromatic heterocycles. The molecule has 0 radical (unpaired) electrons. The van der Waals surface area contributed by atoms with E-state index in [1.54, 1.807) is 12.1 Å². The van der Waals surface area contributed by atoms with Crippen LogP contribution < -0.4 is 0 Å². The van der Waals surface area contributed by atoms with Crippen LogP contribution in [0.5, 0.6) is 0 Å². The van der Waals surface area contributed by atoms with Gasteiger partial charge in [-0.2, -0.15) is 0 Å². The average molecular weight is 670 g/mol. The van der Waals surface area contributed by atoms with Gasteiger partial charge >= 0.3 is 37.7 Å². The molecule has 0 heterocycles. The smallest absolute Gasteiger partial charge is 0.744 e. The number of hydrogen-bond donors (Lipinski definition) is 0. The number of halogens is 4. The molecule has 0 saturated carbocycles. The minimum absolute atomic E-state index is 0. The predicted octanol–water partition coefficient (Wildman–Crippen LogP) is 3.85. The Morgan fingerprint density at radius 3 is 1.12 bits per heavy atom. The predicted molar refractivity (Wildman–Crippen MR) is 105 cm³/mol. The van der Waals surface area contributed by atoms with Crippen LogP contribution in [0.2, 0.25) is 0 Å². The fourth-order valence-electron chi connectivity index (χ4n) is 1.34. The summed E-state index contributed by atoms with van der Waals surface area (Å²) in [5.74, 6) is 0. The topological polar surface area (TPSA) is 114 Å². The van der Waals surface area contributed by atoms with Crippen LogP contribution >= 0.6 is 63.7 Å². The molecule has 0 atom stereocenters. The fraction of sp³-hybridized carbons (Fsp3) is 0. The van der Waals surface area contributed by atoms with Crippen LogP contribution in [0.25, 0.3) is 0 Å². The van der Waals surface area contributed by atoms with Gasteiger partial charge in [-0.1, -0.05) is 31.9 Å². The van der Waals surface area contributed by atoms with E-state index in [1.165, 1.54) is 24.3 Å². The molecule has 0 aliphatic rings. The van der Waals surface area contributed by atoms with Crippen LogP contribution in [-0.4, -0.2) is 63.7 Å². The second-order valence-electron chi connectivity index (χ2n) is 4.06. The third-order valence-corrected chi connectivity index (χ3v) is 6.97. The van der Waals surface area contributed by atoms with Crippen molar-refractivity contribution in [3.63, 3.8) is 0 Å². The Balaban J connectivity index is 0.000000443. The SMILES string of the molecule is O=S(=O)([O-])c1cc(Br)ccc1Br.O=S(=O)([O-])c1cc(Br)ccc1Br.[Ca+2]. The molecule has 0 bridgehead atoms. The summed E-state index contributed by atoms with van der Waals surface area (Å²) in [4.78, 5) is -0.506. The number of benzene rings is 2. The van der Waals surface area contributed by atoms with Crippen LogP contribution in [-0.2, 0) is 20.2 Å². The van der Waals surface area contributed by atoms with E-state index in [1.807, 2.05) is 0 Å².